The van der Waals surface area contributed by atoms with Gasteiger partial charge in [-0.05, 0) is 62.4 Å². The number of likely N-dealkylation sites (tertiary alicyclic amines) is 1. The van der Waals surface area contributed by atoms with Crippen LogP contribution in [0.15, 0.2) is 18.2 Å². The second-order valence-corrected chi connectivity index (χ2v) is 5.18. The maximum atomic E-state index is 9.90. The van der Waals surface area contributed by atoms with E-state index < -0.39 is 0 Å². The van der Waals surface area contributed by atoms with Gasteiger partial charge >= 0.3 is 0 Å². The smallest absolute Gasteiger partial charge is 0.119 e. The summed E-state index contributed by atoms with van der Waals surface area (Å²) >= 11 is 0. The fourth-order valence-corrected chi connectivity index (χ4v) is 3.51. The Morgan fingerprint density at radius 3 is 2.94 bits per heavy atom. The first-order chi connectivity index (χ1) is 7.77. The number of aromatic hydroxyl groups is 1. The number of fused-ring (bicyclic) bond motifs is 3. The number of benzene rings is 1. The number of hydrogen-bond acceptors (Lipinski definition) is 2. The van der Waals surface area contributed by atoms with Crippen molar-refractivity contribution >= 4 is 17.0 Å². The lowest BCUT2D eigenvalue weighted by molar-refractivity contribution is 0.143. The summed E-state index contributed by atoms with van der Waals surface area (Å²) in [6.45, 7) is 1.23. The molecule has 2 aliphatic rings. The molecular formula is C14H20BrNO. The van der Waals surface area contributed by atoms with E-state index in [4.69, 9.17) is 0 Å². The Kier molecular flexibility index (Phi) is 3.79. The molecule has 17 heavy (non-hydrogen) atoms. The molecule has 2 atom stereocenters. The van der Waals surface area contributed by atoms with E-state index in [0.717, 1.165) is 6.42 Å². The highest BCUT2D eigenvalue weighted by atomic mass is 79.9. The molecule has 1 aromatic carbocycles. The van der Waals surface area contributed by atoms with Gasteiger partial charge in [-0.2, -0.15) is 0 Å². The molecule has 0 spiro atoms. The SMILES string of the molecule is Br.CN1CCC[C@H]2c3cccc(O)c3CC[C@@H]21. The van der Waals surface area contributed by atoms with Crippen LogP contribution in [-0.4, -0.2) is 29.6 Å². The van der Waals surface area contributed by atoms with Crippen molar-refractivity contribution < 1.29 is 5.11 Å². The van der Waals surface area contributed by atoms with Crippen LogP contribution in [-0.2, 0) is 6.42 Å². The van der Waals surface area contributed by atoms with Crippen LogP contribution in [0.1, 0.15) is 36.3 Å². The first kappa shape index (κ1) is 12.9. The van der Waals surface area contributed by atoms with Crippen molar-refractivity contribution in [3.8, 4) is 5.75 Å². The Morgan fingerprint density at radius 2 is 2.12 bits per heavy atom. The number of halogens is 1. The summed E-state index contributed by atoms with van der Waals surface area (Å²) in [6, 6.07) is 6.73. The zero-order chi connectivity index (χ0) is 11.1. The minimum atomic E-state index is 0. The van der Waals surface area contributed by atoms with Crippen molar-refractivity contribution in [3.05, 3.63) is 29.3 Å². The fraction of sp³-hybridized carbons (Fsp3) is 0.571. The van der Waals surface area contributed by atoms with Crippen molar-refractivity contribution in [3.63, 3.8) is 0 Å². The number of nitrogens with zero attached hydrogens (tertiary/aromatic N) is 1. The third-order valence-electron chi connectivity index (χ3n) is 4.33. The Labute approximate surface area is 113 Å². The average Bonchev–Trinajstić information content (AvgIpc) is 2.30. The lowest BCUT2D eigenvalue weighted by atomic mass is 9.74. The van der Waals surface area contributed by atoms with Gasteiger partial charge in [0, 0.05) is 6.04 Å². The van der Waals surface area contributed by atoms with E-state index in [1.165, 1.54) is 36.9 Å². The molecule has 3 heteroatoms. The Hall–Kier alpha value is -0.540. The third kappa shape index (κ3) is 2.11. The zero-order valence-corrected chi connectivity index (χ0v) is 11.9. The number of rotatable bonds is 0. The predicted octanol–water partition coefficient (Wildman–Crippen LogP) is 3.09. The van der Waals surface area contributed by atoms with E-state index in [1.54, 1.807) is 0 Å². The monoisotopic (exact) mass is 297 g/mol. The summed E-state index contributed by atoms with van der Waals surface area (Å²) in [5.41, 5.74) is 2.61. The highest BCUT2D eigenvalue weighted by Gasteiger charge is 2.35. The van der Waals surface area contributed by atoms with E-state index >= 15 is 0 Å². The van der Waals surface area contributed by atoms with Crippen LogP contribution in [0.3, 0.4) is 0 Å². The number of hydrogen-bond donors (Lipinski definition) is 1. The van der Waals surface area contributed by atoms with Gasteiger partial charge < -0.3 is 10.0 Å². The highest BCUT2D eigenvalue weighted by Crippen LogP contribution is 2.42. The Morgan fingerprint density at radius 1 is 1.29 bits per heavy atom. The van der Waals surface area contributed by atoms with Crippen LogP contribution in [0.4, 0.5) is 0 Å². The lowest BCUT2D eigenvalue weighted by Gasteiger charge is -2.43. The van der Waals surface area contributed by atoms with E-state index in [1.807, 2.05) is 12.1 Å². The van der Waals surface area contributed by atoms with Gasteiger partial charge in [0.05, 0.1) is 0 Å². The van der Waals surface area contributed by atoms with E-state index in [2.05, 4.69) is 18.0 Å². The van der Waals surface area contributed by atoms with Gasteiger partial charge in [-0.15, -0.1) is 17.0 Å². The number of phenolic OH excluding ortho intramolecular Hbond substituents is 1. The van der Waals surface area contributed by atoms with Gasteiger partial charge in [0.25, 0.3) is 0 Å². The molecule has 0 saturated carbocycles. The fourth-order valence-electron chi connectivity index (χ4n) is 3.51. The molecule has 1 aliphatic carbocycles. The summed E-state index contributed by atoms with van der Waals surface area (Å²) in [6.07, 6.45) is 4.80. The van der Waals surface area contributed by atoms with Crippen molar-refractivity contribution in [2.75, 3.05) is 13.6 Å². The largest absolute Gasteiger partial charge is 0.508 e. The molecule has 0 bridgehead atoms. The minimum absolute atomic E-state index is 0. The molecule has 0 unspecified atom stereocenters. The van der Waals surface area contributed by atoms with Gasteiger partial charge in [-0.1, -0.05) is 12.1 Å². The average molecular weight is 298 g/mol. The molecule has 0 amide bonds. The summed E-state index contributed by atoms with van der Waals surface area (Å²) in [5.74, 6) is 1.15. The molecule has 2 nitrogen and oxygen atoms in total. The van der Waals surface area contributed by atoms with Crippen molar-refractivity contribution in [2.45, 2.75) is 37.6 Å². The molecule has 1 fully saturated rings. The minimum Gasteiger partial charge on any atom is -0.508 e. The predicted molar refractivity (Wildman–Crippen MR) is 75.1 cm³/mol. The van der Waals surface area contributed by atoms with Crippen LogP contribution >= 0.6 is 17.0 Å². The van der Waals surface area contributed by atoms with Crippen LogP contribution < -0.4 is 0 Å². The van der Waals surface area contributed by atoms with E-state index in [0.29, 0.717) is 17.7 Å². The van der Waals surface area contributed by atoms with Crippen molar-refractivity contribution in [1.82, 2.24) is 4.90 Å². The molecular weight excluding hydrogens is 278 g/mol. The second-order valence-electron chi connectivity index (χ2n) is 5.18. The first-order valence-electron chi connectivity index (χ1n) is 6.28. The normalized spacial score (nSPS) is 27.8. The second kappa shape index (κ2) is 4.99. The molecule has 1 aromatic rings. The quantitative estimate of drug-likeness (QED) is 0.795. The highest BCUT2D eigenvalue weighted by molar-refractivity contribution is 8.93. The Balaban J connectivity index is 0.00000108. The molecule has 0 radical (unpaired) electrons. The van der Waals surface area contributed by atoms with E-state index in [9.17, 15) is 5.11 Å². The van der Waals surface area contributed by atoms with Crippen LogP contribution in [0.2, 0.25) is 0 Å². The molecule has 1 aliphatic heterocycles. The Bertz CT molecular complexity index is 407. The summed E-state index contributed by atoms with van der Waals surface area (Å²) in [4.78, 5) is 2.50. The van der Waals surface area contributed by atoms with Gasteiger partial charge in [0.15, 0.2) is 0 Å². The molecule has 1 N–H and O–H groups in total. The molecule has 3 rings (SSSR count). The third-order valence-corrected chi connectivity index (χ3v) is 4.33. The van der Waals surface area contributed by atoms with Gasteiger partial charge in [-0.3, -0.25) is 0 Å². The molecule has 0 aromatic heterocycles. The van der Waals surface area contributed by atoms with Gasteiger partial charge in [0.1, 0.15) is 5.75 Å². The van der Waals surface area contributed by atoms with Crippen molar-refractivity contribution in [1.29, 1.82) is 0 Å². The molecule has 1 heterocycles. The first-order valence-corrected chi connectivity index (χ1v) is 6.28. The van der Waals surface area contributed by atoms with Crippen molar-refractivity contribution in [2.24, 2.45) is 0 Å². The summed E-state index contributed by atoms with van der Waals surface area (Å²) in [5, 5.41) is 9.90. The molecule has 94 valence electrons. The van der Waals surface area contributed by atoms with Gasteiger partial charge in [-0.25, -0.2) is 0 Å². The maximum absolute atomic E-state index is 9.90. The molecule has 1 saturated heterocycles. The zero-order valence-electron chi connectivity index (χ0n) is 10.2. The van der Waals surface area contributed by atoms with Crippen LogP contribution in [0.25, 0.3) is 0 Å². The number of piperidine rings is 1. The lowest BCUT2D eigenvalue weighted by Crippen LogP contribution is -2.43. The van der Waals surface area contributed by atoms with Crippen LogP contribution in [0, 0.1) is 0 Å². The van der Waals surface area contributed by atoms with E-state index in [-0.39, 0.29) is 17.0 Å². The standard InChI is InChI=1S/C14H19NO.BrH/c1-15-9-3-5-11-10-4-2-6-14(16)12(10)7-8-13(11)15;/h2,4,6,11,13,16H,3,5,7-9H2,1H3;1H/t11-,13-;/m0./s1. The maximum Gasteiger partial charge on any atom is 0.119 e. The topological polar surface area (TPSA) is 23.5 Å². The van der Waals surface area contributed by atoms with Crippen LogP contribution in [0.5, 0.6) is 5.75 Å². The number of phenols is 1. The number of likely N-dealkylation sites (N-methyl/N-ethyl adjacent to an activating group) is 1. The summed E-state index contributed by atoms with van der Waals surface area (Å²) < 4.78 is 0. The summed E-state index contributed by atoms with van der Waals surface area (Å²) in [7, 11) is 2.24. The van der Waals surface area contributed by atoms with Gasteiger partial charge in [0.2, 0.25) is 0 Å².